The molecule has 0 amide bonds. The van der Waals surface area contributed by atoms with Crippen molar-refractivity contribution in [2.24, 2.45) is 0 Å². The number of halogens is 1. The zero-order valence-electron chi connectivity index (χ0n) is 12.9. The van der Waals surface area contributed by atoms with Gasteiger partial charge in [-0.25, -0.2) is 4.39 Å². The van der Waals surface area contributed by atoms with Crippen LogP contribution in [-0.4, -0.2) is 18.2 Å². The quantitative estimate of drug-likeness (QED) is 0.922. The van der Waals surface area contributed by atoms with Crippen molar-refractivity contribution in [3.63, 3.8) is 0 Å². The second kappa shape index (κ2) is 6.49. The summed E-state index contributed by atoms with van der Waals surface area (Å²) in [6.07, 6.45) is 2.39. The molecule has 0 radical (unpaired) electrons. The van der Waals surface area contributed by atoms with Crippen molar-refractivity contribution in [1.29, 1.82) is 0 Å². The van der Waals surface area contributed by atoms with Crippen molar-refractivity contribution in [3.05, 3.63) is 65.0 Å². The van der Waals surface area contributed by atoms with Crippen molar-refractivity contribution in [1.82, 2.24) is 0 Å². The standard InChI is InChI=1S/C19H22FNO/c1-14-13-16(8-9-17(14)20)19(22)10-12-21-11-4-6-15-5-2-3-7-18(15)21/h2-3,5,7-9,13,19,22H,4,6,10-12H2,1H3. The van der Waals surface area contributed by atoms with E-state index in [1.807, 2.05) is 0 Å². The van der Waals surface area contributed by atoms with Gasteiger partial charge in [0.1, 0.15) is 5.82 Å². The van der Waals surface area contributed by atoms with E-state index in [9.17, 15) is 9.50 Å². The van der Waals surface area contributed by atoms with E-state index in [1.54, 1.807) is 19.1 Å². The molecule has 116 valence electrons. The molecule has 3 rings (SSSR count). The topological polar surface area (TPSA) is 23.5 Å². The highest BCUT2D eigenvalue weighted by Gasteiger charge is 2.17. The number of anilines is 1. The van der Waals surface area contributed by atoms with Crippen molar-refractivity contribution in [3.8, 4) is 0 Å². The zero-order valence-corrected chi connectivity index (χ0v) is 12.9. The molecule has 0 aliphatic carbocycles. The summed E-state index contributed by atoms with van der Waals surface area (Å²) in [4.78, 5) is 2.35. The normalized spacial score (nSPS) is 15.5. The summed E-state index contributed by atoms with van der Waals surface area (Å²) in [5.41, 5.74) is 4.06. The van der Waals surface area contributed by atoms with Gasteiger partial charge in [0.25, 0.3) is 0 Å². The Bertz CT molecular complexity index is 656. The average Bonchev–Trinajstić information content (AvgIpc) is 2.55. The first-order valence-electron chi connectivity index (χ1n) is 7.92. The van der Waals surface area contributed by atoms with E-state index in [-0.39, 0.29) is 5.82 Å². The van der Waals surface area contributed by atoms with E-state index in [1.165, 1.54) is 17.3 Å². The Balaban J connectivity index is 1.66. The van der Waals surface area contributed by atoms with Gasteiger partial charge in [0.2, 0.25) is 0 Å². The maximum Gasteiger partial charge on any atom is 0.126 e. The van der Waals surface area contributed by atoms with E-state index >= 15 is 0 Å². The molecular formula is C19H22FNO. The maximum absolute atomic E-state index is 13.3. The number of aliphatic hydroxyl groups excluding tert-OH is 1. The molecule has 1 unspecified atom stereocenters. The van der Waals surface area contributed by atoms with Gasteiger partial charge in [0.15, 0.2) is 0 Å². The van der Waals surface area contributed by atoms with Crippen molar-refractivity contribution in [2.45, 2.75) is 32.3 Å². The van der Waals surface area contributed by atoms with Gasteiger partial charge >= 0.3 is 0 Å². The smallest absolute Gasteiger partial charge is 0.126 e. The molecule has 0 bridgehead atoms. The van der Waals surface area contributed by atoms with Gasteiger partial charge in [-0.2, -0.15) is 0 Å². The number of para-hydroxylation sites is 1. The van der Waals surface area contributed by atoms with Gasteiger partial charge < -0.3 is 10.0 Å². The number of aliphatic hydroxyl groups is 1. The molecular weight excluding hydrogens is 277 g/mol. The Labute approximate surface area is 131 Å². The van der Waals surface area contributed by atoms with Crippen LogP contribution in [0, 0.1) is 12.7 Å². The highest BCUT2D eigenvalue weighted by molar-refractivity contribution is 5.55. The van der Waals surface area contributed by atoms with E-state index in [0.717, 1.165) is 31.5 Å². The van der Waals surface area contributed by atoms with E-state index in [0.29, 0.717) is 12.0 Å². The molecule has 2 aromatic carbocycles. The lowest BCUT2D eigenvalue weighted by Crippen LogP contribution is -2.31. The molecule has 22 heavy (non-hydrogen) atoms. The fourth-order valence-electron chi connectivity index (χ4n) is 3.16. The van der Waals surface area contributed by atoms with Gasteiger partial charge in [-0.05, 0) is 55.0 Å². The molecule has 2 aromatic rings. The molecule has 0 saturated carbocycles. The van der Waals surface area contributed by atoms with Crippen LogP contribution < -0.4 is 4.90 Å². The molecule has 1 atom stereocenters. The maximum atomic E-state index is 13.3. The summed E-state index contributed by atoms with van der Waals surface area (Å²) in [6, 6.07) is 13.3. The van der Waals surface area contributed by atoms with E-state index in [2.05, 4.69) is 29.2 Å². The van der Waals surface area contributed by atoms with Crippen LogP contribution in [0.3, 0.4) is 0 Å². The molecule has 1 N–H and O–H groups in total. The monoisotopic (exact) mass is 299 g/mol. The summed E-state index contributed by atoms with van der Waals surface area (Å²) in [5.74, 6) is -0.221. The summed E-state index contributed by atoms with van der Waals surface area (Å²) in [5, 5.41) is 10.4. The van der Waals surface area contributed by atoms with Crippen molar-refractivity contribution in [2.75, 3.05) is 18.0 Å². The minimum absolute atomic E-state index is 0.221. The van der Waals surface area contributed by atoms with Crippen LogP contribution in [0.2, 0.25) is 0 Å². The SMILES string of the molecule is Cc1cc(C(O)CCN2CCCc3ccccc32)ccc1F. The number of nitrogens with zero attached hydrogens (tertiary/aromatic N) is 1. The summed E-state index contributed by atoms with van der Waals surface area (Å²) >= 11 is 0. The third-order valence-corrected chi connectivity index (χ3v) is 4.45. The van der Waals surface area contributed by atoms with Gasteiger partial charge in [-0.3, -0.25) is 0 Å². The number of rotatable bonds is 4. The highest BCUT2D eigenvalue weighted by atomic mass is 19.1. The van der Waals surface area contributed by atoms with Crippen molar-refractivity contribution < 1.29 is 9.50 Å². The Morgan fingerprint density at radius 3 is 2.86 bits per heavy atom. The molecule has 0 fully saturated rings. The first-order chi connectivity index (χ1) is 10.6. The lowest BCUT2D eigenvalue weighted by Gasteiger charge is -2.32. The number of aryl methyl sites for hydroxylation is 2. The molecule has 1 heterocycles. The average molecular weight is 299 g/mol. The fraction of sp³-hybridized carbons (Fsp3) is 0.368. The van der Waals surface area contributed by atoms with Crippen LogP contribution >= 0.6 is 0 Å². The molecule has 1 aliphatic heterocycles. The Morgan fingerprint density at radius 2 is 2.05 bits per heavy atom. The first-order valence-corrected chi connectivity index (χ1v) is 7.92. The predicted octanol–water partition coefficient (Wildman–Crippen LogP) is 4.01. The Hall–Kier alpha value is -1.87. The van der Waals surface area contributed by atoms with Crippen LogP contribution in [0.5, 0.6) is 0 Å². The lowest BCUT2D eigenvalue weighted by atomic mass is 10.00. The Kier molecular flexibility index (Phi) is 4.44. The second-order valence-electron chi connectivity index (χ2n) is 6.03. The van der Waals surface area contributed by atoms with Gasteiger partial charge in [-0.15, -0.1) is 0 Å². The fourth-order valence-corrected chi connectivity index (χ4v) is 3.16. The van der Waals surface area contributed by atoms with Crippen molar-refractivity contribution >= 4 is 5.69 Å². The molecule has 3 heteroatoms. The summed E-state index contributed by atoms with van der Waals surface area (Å²) in [6.45, 7) is 3.58. The van der Waals surface area contributed by atoms with Gasteiger partial charge in [0, 0.05) is 18.8 Å². The largest absolute Gasteiger partial charge is 0.388 e. The minimum Gasteiger partial charge on any atom is -0.388 e. The van der Waals surface area contributed by atoms with Gasteiger partial charge in [0.05, 0.1) is 6.10 Å². The number of hydrogen-bond acceptors (Lipinski definition) is 2. The van der Waals surface area contributed by atoms with Crippen LogP contribution in [0.15, 0.2) is 42.5 Å². The van der Waals surface area contributed by atoms with Crippen LogP contribution in [-0.2, 0) is 6.42 Å². The number of hydrogen-bond donors (Lipinski definition) is 1. The van der Waals surface area contributed by atoms with Crippen LogP contribution in [0.4, 0.5) is 10.1 Å². The second-order valence-corrected chi connectivity index (χ2v) is 6.03. The molecule has 0 aromatic heterocycles. The lowest BCUT2D eigenvalue weighted by molar-refractivity contribution is 0.169. The van der Waals surface area contributed by atoms with Crippen LogP contribution in [0.1, 0.15) is 35.6 Å². The molecule has 0 saturated heterocycles. The zero-order chi connectivity index (χ0) is 15.5. The van der Waals surface area contributed by atoms with Gasteiger partial charge in [-0.1, -0.05) is 30.3 Å². The minimum atomic E-state index is -0.548. The molecule has 0 spiro atoms. The molecule has 2 nitrogen and oxygen atoms in total. The van der Waals surface area contributed by atoms with E-state index < -0.39 is 6.10 Å². The third kappa shape index (κ3) is 3.14. The highest BCUT2D eigenvalue weighted by Crippen LogP contribution is 2.28. The first kappa shape index (κ1) is 15.0. The summed E-state index contributed by atoms with van der Waals surface area (Å²) in [7, 11) is 0. The summed E-state index contributed by atoms with van der Waals surface area (Å²) < 4.78 is 13.3. The van der Waals surface area contributed by atoms with Crippen LogP contribution in [0.25, 0.3) is 0 Å². The third-order valence-electron chi connectivity index (χ3n) is 4.45. The number of fused-ring (bicyclic) bond motifs is 1. The predicted molar refractivity (Wildman–Crippen MR) is 87.7 cm³/mol. The van der Waals surface area contributed by atoms with E-state index in [4.69, 9.17) is 0 Å². The molecule has 1 aliphatic rings. The number of benzene rings is 2. The Morgan fingerprint density at radius 1 is 1.23 bits per heavy atom.